The van der Waals surface area contributed by atoms with Crippen LogP contribution in [-0.4, -0.2) is 48.6 Å². The maximum Gasteiger partial charge on any atom is 0.323 e. The highest BCUT2D eigenvalue weighted by Gasteiger charge is 2.34. The van der Waals surface area contributed by atoms with Gasteiger partial charge >= 0.3 is 12.0 Å². The van der Waals surface area contributed by atoms with Crippen LogP contribution in [0.15, 0.2) is 30.3 Å². The van der Waals surface area contributed by atoms with Crippen molar-refractivity contribution < 1.29 is 14.3 Å². The summed E-state index contributed by atoms with van der Waals surface area (Å²) in [5.41, 5.74) is 0.976. The second-order valence-electron chi connectivity index (χ2n) is 6.06. The van der Waals surface area contributed by atoms with Crippen LogP contribution in [-0.2, 0) is 16.1 Å². The Morgan fingerprint density at radius 2 is 2.09 bits per heavy atom. The van der Waals surface area contributed by atoms with Crippen LogP contribution in [0.2, 0.25) is 0 Å². The second-order valence-corrected chi connectivity index (χ2v) is 6.06. The average Bonchev–Trinajstić information content (AvgIpc) is 2.61. The highest BCUT2D eigenvalue weighted by atomic mass is 16.5. The van der Waals surface area contributed by atoms with Crippen LogP contribution in [0.25, 0.3) is 0 Å². The summed E-state index contributed by atoms with van der Waals surface area (Å²) in [6.07, 6.45) is 2.44. The van der Waals surface area contributed by atoms with Crippen LogP contribution in [0.4, 0.5) is 4.79 Å². The summed E-state index contributed by atoms with van der Waals surface area (Å²) < 4.78 is 5.41. The fourth-order valence-corrected chi connectivity index (χ4v) is 3.19. The van der Waals surface area contributed by atoms with Gasteiger partial charge in [-0.1, -0.05) is 30.3 Å². The van der Waals surface area contributed by atoms with E-state index in [-0.39, 0.29) is 30.7 Å². The van der Waals surface area contributed by atoms with E-state index < -0.39 is 0 Å². The van der Waals surface area contributed by atoms with E-state index in [1.165, 1.54) is 0 Å². The normalized spacial score (nSPS) is 24.9. The number of carbonyl (C=O) groups is 2. The lowest BCUT2D eigenvalue weighted by Gasteiger charge is -2.39. The van der Waals surface area contributed by atoms with Crippen LogP contribution >= 0.6 is 0 Å². The molecule has 23 heavy (non-hydrogen) atoms. The number of nitrogens with zero attached hydrogens (tertiary/aromatic N) is 1. The molecule has 0 saturated carbocycles. The van der Waals surface area contributed by atoms with Crippen molar-refractivity contribution in [2.75, 3.05) is 19.6 Å². The van der Waals surface area contributed by atoms with E-state index in [1.807, 2.05) is 35.2 Å². The number of hydrogen-bond donors (Lipinski definition) is 2. The van der Waals surface area contributed by atoms with Gasteiger partial charge < -0.3 is 20.3 Å². The van der Waals surface area contributed by atoms with Crippen molar-refractivity contribution in [1.82, 2.24) is 15.5 Å². The van der Waals surface area contributed by atoms with E-state index in [9.17, 15) is 9.59 Å². The number of esters is 1. The number of ether oxygens (including phenoxy) is 1. The molecule has 1 aromatic rings. The third-order valence-corrected chi connectivity index (χ3v) is 4.44. The summed E-state index contributed by atoms with van der Waals surface area (Å²) in [5.74, 6) is -0.240. The van der Waals surface area contributed by atoms with Crippen LogP contribution in [0, 0.1) is 0 Å². The molecule has 2 N–H and O–H groups in total. The molecule has 0 spiro atoms. The number of benzene rings is 1. The molecule has 0 radical (unpaired) electrons. The maximum atomic E-state index is 12.3. The van der Waals surface area contributed by atoms with Crippen LogP contribution in [0.1, 0.15) is 24.8 Å². The van der Waals surface area contributed by atoms with Gasteiger partial charge in [0.15, 0.2) is 0 Å². The maximum absolute atomic E-state index is 12.3. The highest BCUT2D eigenvalue weighted by Crippen LogP contribution is 2.19. The van der Waals surface area contributed by atoms with E-state index in [2.05, 4.69) is 10.6 Å². The summed E-state index contributed by atoms with van der Waals surface area (Å²) in [7, 11) is 0. The fourth-order valence-electron chi connectivity index (χ4n) is 3.19. The summed E-state index contributed by atoms with van der Waals surface area (Å²) in [5, 5.41) is 6.08. The minimum absolute atomic E-state index is 0.0143. The SMILES string of the molecule is O=C(OCc1ccccc1)C1CC(N2CCCNC2=O)CCN1. The van der Waals surface area contributed by atoms with E-state index >= 15 is 0 Å². The van der Waals surface area contributed by atoms with Gasteiger partial charge in [0, 0.05) is 19.1 Å². The van der Waals surface area contributed by atoms with Crippen molar-refractivity contribution in [3.05, 3.63) is 35.9 Å². The fraction of sp³-hybridized carbons (Fsp3) is 0.529. The molecule has 2 unspecified atom stereocenters. The number of rotatable bonds is 4. The number of urea groups is 1. The van der Waals surface area contributed by atoms with Crippen molar-refractivity contribution in [3.63, 3.8) is 0 Å². The quantitative estimate of drug-likeness (QED) is 0.821. The molecular formula is C17H23N3O3. The Balaban J connectivity index is 1.53. The van der Waals surface area contributed by atoms with E-state index in [1.54, 1.807) is 0 Å². The Kier molecular flexibility index (Phi) is 5.12. The third-order valence-electron chi connectivity index (χ3n) is 4.44. The summed E-state index contributed by atoms with van der Waals surface area (Å²) in [6.45, 7) is 2.51. The molecule has 6 heteroatoms. The molecule has 0 aliphatic carbocycles. The van der Waals surface area contributed by atoms with Gasteiger partial charge in [0.2, 0.25) is 0 Å². The van der Waals surface area contributed by atoms with Gasteiger partial charge in [-0.05, 0) is 31.4 Å². The molecule has 0 bridgehead atoms. The lowest BCUT2D eigenvalue weighted by atomic mass is 9.97. The number of amides is 2. The molecular weight excluding hydrogens is 294 g/mol. The monoisotopic (exact) mass is 317 g/mol. The van der Waals surface area contributed by atoms with Gasteiger partial charge in [0.05, 0.1) is 0 Å². The number of hydrogen-bond acceptors (Lipinski definition) is 4. The van der Waals surface area contributed by atoms with E-state index in [4.69, 9.17) is 4.74 Å². The van der Waals surface area contributed by atoms with E-state index in [0.29, 0.717) is 6.42 Å². The van der Waals surface area contributed by atoms with Crippen LogP contribution in [0.5, 0.6) is 0 Å². The van der Waals surface area contributed by atoms with Crippen LogP contribution < -0.4 is 10.6 Å². The molecule has 2 heterocycles. The first-order valence-corrected chi connectivity index (χ1v) is 8.22. The summed E-state index contributed by atoms with van der Waals surface area (Å²) in [4.78, 5) is 26.1. The van der Waals surface area contributed by atoms with Gasteiger partial charge in [-0.2, -0.15) is 0 Å². The van der Waals surface area contributed by atoms with Crippen LogP contribution in [0.3, 0.4) is 0 Å². The number of piperidine rings is 1. The Morgan fingerprint density at radius 3 is 2.87 bits per heavy atom. The predicted molar refractivity (Wildman–Crippen MR) is 85.8 cm³/mol. The molecule has 3 rings (SSSR count). The molecule has 6 nitrogen and oxygen atoms in total. The third kappa shape index (κ3) is 4.01. The van der Waals surface area contributed by atoms with Crippen molar-refractivity contribution >= 4 is 12.0 Å². The zero-order chi connectivity index (χ0) is 16.1. The van der Waals surface area contributed by atoms with Gasteiger partial charge in [-0.3, -0.25) is 4.79 Å². The molecule has 124 valence electrons. The second kappa shape index (κ2) is 7.46. The van der Waals surface area contributed by atoms with Gasteiger partial charge in [-0.25, -0.2) is 4.79 Å². The Morgan fingerprint density at radius 1 is 1.26 bits per heavy atom. The summed E-state index contributed by atoms with van der Waals surface area (Å²) >= 11 is 0. The van der Waals surface area contributed by atoms with Gasteiger partial charge in [0.1, 0.15) is 12.6 Å². The number of carbonyl (C=O) groups excluding carboxylic acids is 2. The Bertz CT molecular complexity index is 549. The topological polar surface area (TPSA) is 70.7 Å². The predicted octanol–water partition coefficient (Wildman–Crippen LogP) is 1.27. The standard InChI is InChI=1S/C17H23N3O3/c21-16(23-12-13-5-2-1-3-6-13)15-11-14(7-9-18-15)20-10-4-8-19-17(20)22/h1-3,5-6,14-15,18H,4,7-12H2,(H,19,22). The molecule has 2 saturated heterocycles. The largest absolute Gasteiger partial charge is 0.460 e. The molecule has 2 fully saturated rings. The molecule has 2 aliphatic heterocycles. The first-order chi connectivity index (χ1) is 11.2. The Labute approximate surface area is 136 Å². The van der Waals surface area contributed by atoms with Crippen molar-refractivity contribution in [1.29, 1.82) is 0 Å². The minimum Gasteiger partial charge on any atom is -0.460 e. The van der Waals surface area contributed by atoms with Crippen molar-refractivity contribution in [3.8, 4) is 0 Å². The molecule has 2 atom stereocenters. The smallest absolute Gasteiger partial charge is 0.323 e. The van der Waals surface area contributed by atoms with Crippen molar-refractivity contribution in [2.45, 2.75) is 38.0 Å². The van der Waals surface area contributed by atoms with Gasteiger partial charge in [0.25, 0.3) is 0 Å². The lowest BCUT2D eigenvalue weighted by molar-refractivity contribution is -0.148. The highest BCUT2D eigenvalue weighted by molar-refractivity contribution is 5.77. The average molecular weight is 317 g/mol. The molecule has 0 aromatic heterocycles. The Hall–Kier alpha value is -2.08. The van der Waals surface area contributed by atoms with Crippen molar-refractivity contribution in [2.24, 2.45) is 0 Å². The zero-order valence-corrected chi connectivity index (χ0v) is 13.2. The first kappa shape index (κ1) is 15.8. The minimum atomic E-state index is -0.341. The molecule has 2 aliphatic rings. The number of nitrogens with one attached hydrogen (secondary N) is 2. The molecule has 1 aromatic carbocycles. The lowest BCUT2D eigenvalue weighted by Crippen LogP contribution is -2.57. The van der Waals surface area contributed by atoms with Gasteiger partial charge in [-0.15, -0.1) is 0 Å². The molecule has 2 amide bonds. The van der Waals surface area contributed by atoms with E-state index in [0.717, 1.165) is 38.0 Å². The summed E-state index contributed by atoms with van der Waals surface area (Å²) in [6, 6.07) is 9.39. The first-order valence-electron chi connectivity index (χ1n) is 8.22. The zero-order valence-electron chi connectivity index (χ0n) is 13.2.